The molecule has 0 aliphatic heterocycles. The van der Waals surface area contributed by atoms with Gasteiger partial charge in [0.15, 0.2) is 11.5 Å². The topological polar surface area (TPSA) is 75.4 Å². The summed E-state index contributed by atoms with van der Waals surface area (Å²) < 4.78 is 5.55. The lowest BCUT2D eigenvalue weighted by Gasteiger charge is -2.23. The summed E-state index contributed by atoms with van der Waals surface area (Å²) in [7, 11) is 0. The first-order chi connectivity index (χ1) is 14.2. The molecule has 2 aromatic rings. The van der Waals surface area contributed by atoms with Crippen LogP contribution in [0.3, 0.4) is 0 Å². The molecule has 0 bridgehead atoms. The van der Waals surface area contributed by atoms with Gasteiger partial charge in [-0.1, -0.05) is 36.7 Å². The van der Waals surface area contributed by atoms with E-state index in [1.165, 1.54) is 18.4 Å². The van der Waals surface area contributed by atoms with Gasteiger partial charge in [-0.05, 0) is 56.6 Å². The van der Waals surface area contributed by atoms with Gasteiger partial charge in [0.25, 0.3) is 5.91 Å². The molecule has 1 saturated carbocycles. The van der Waals surface area contributed by atoms with E-state index in [1.807, 2.05) is 13.8 Å². The monoisotopic (exact) mass is 411 g/mol. The van der Waals surface area contributed by atoms with Crippen LogP contribution in [0.5, 0.6) is 0 Å². The Hall–Kier alpha value is -2.63. The van der Waals surface area contributed by atoms with E-state index in [9.17, 15) is 9.59 Å². The van der Waals surface area contributed by atoms with Gasteiger partial charge in [-0.15, -0.1) is 0 Å². The Balaban J connectivity index is 1.70. The Labute approximate surface area is 179 Å². The maximum absolute atomic E-state index is 13.1. The Kier molecular flexibility index (Phi) is 6.95. The van der Waals surface area contributed by atoms with Crippen LogP contribution in [-0.4, -0.2) is 41.5 Å². The number of rotatable bonds is 9. The summed E-state index contributed by atoms with van der Waals surface area (Å²) in [5.74, 6) is 1.33. The molecule has 162 valence electrons. The molecule has 1 aromatic carbocycles. The van der Waals surface area contributed by atoms with Gasteiger partial charge in [0, 0.05) is 37.7 Å². The zero-order valence-corrected chi connectivity index (χ0v) is 18.7. The van der Waals surface area contributed by atoms with Crippen LogP contribution in [0.4, 0.5) is 0 Å². The van der Waals surface area contributed by atoms with Crippen molar-refractivity contribution in [2.45, 2.75) is 53.9 Å². The lowest BCUT2D eigenvalue weighted by molar-refractivity contribution is -0.121. The summed E-state index contributed by atoms with van der Waals surface area (Å²) in [6, 6.07) is 5.91. The van der Waals surface area contributed by atoms with Crippen molar-refractivity contribution in [3.63, 3.8) is 0 Å². The molecule has 1 aliphatic carbocycles. The van der Waals surface area contributed by atoms with Gasteiger partial charge in [-0.2, -0.15) is 0 Å². The van der Waals surface area contributed by atoms with Crippen molar-refractivity contribution in [2.24, 2.45) is 11.8 Å². The molecular weight excluding hydrogens is 378 g/mol. The van der Waals surface area contributed by atoms with Gasteiger partial charge < -0.3 is 14.7 Å². The van der Waals surface area contributed by atoms with E-state index in [4.69, 9.17) is 4.52 Å². The van der Waals surface area contributed by atoms with Crippen molar-refractivity contribution in [1.82, 2.24) is 15.4 Å². The molecule has 0 saturated heterocycles. The average Bonchev–Trinajstić information content (AvgIpc) is 3.37. The quantitative estimate of drug-likeness (QED) is 0.668. The molecule has 1 N–H and O–H groups in total. The highest BCUT2D eigenvalue weighted by molar-refractivity contribution is 5.93. The second-order valence-electron chi connectivity index (χ2n) is 8.99. The minimum atomic E-state index is -0.198. The minimum Gasteiger partial charge on any atom is -0.356 e. The number of benzene rings is 1. The average molecular weight is 412 g/mol. The van der Waals surface area contributed by atoms with Gasteiger partial charge in [-0.25, -0.2) is 0 Å². The number of amides is 2. The number of aryl methyl sites for hydroxylation is 3. The molecule has 2 amide bonds. The van der Waals surface area contributed by atoms with Gasteiger partial charge in [-0.3, -0.25) is 9.59 Å². The van der Waals surface area contributed by atoms with Crippen molar-refractivity contribution in [3.05, 3.63) is 40.6 Å². The number of hydrogen-bond donors (Lipinski definition) is 1. The molecule has 1 aliphatic rings. The first-order valence-corrected chi connectivity index (χ1v) is 10.9. The zero-order valence-electron chi connectivity index (χ0n) is 18.7. The molecule has 6 nitrogen and oxygen atoms in total. The largest absolute Gasteiger partial charge is 0.356 e. The van der Waals surface area contributed by atoms with E-state index in [0.717, 1.165) is 23.2 Å². The Morgan fingerprint density at radius 1 is 1.17 bits per heavy atom. The molecule has 3 rings (SSSR count). The maximum atomic E-state index is 13.1. The normalized spacial score (nSPS) is 13.5. The molecule has 0 atom stereocenters. The number of carbonyl (C=O) groups excluding carboxylic acids is 2. The van der Waals surface area contributed by atoms with Crippen LogP contribution in [0.2, 0.25) is 0 Å². The number of hydrogen-bond acceptors (Lipinski definition) is 4. The van der Waals surface area contributed by atoms with Crippen molar-refractivity contribution in [3.8, 4) is 11.3 Å². The molecule has 6 heteroatoms. The Bertz CT molecular complexity index is 889. The number of aromatic nitrogens is 1. The van der Waals surface area contributed by atoms with E-state index in [0.29, 0.717) is 31.2 Å². The fourth-order valence-corrected chi connectivity index (χ4v) is 3.85. The second-order valence-corrected chi connectivity index (χ2v) is 8.99. The predicted octanol–water partition coefficient (Wildman–Crippen LogP) is 4.28. The van der Waals surface area contributed by atoms with E-state index >= 15 is 0 Å². The standard InChI is InChI=1S/C24H33N3O3/c1-15(2)14-27(9-8-22(28)25-13-19-6-7-19)24(29)20-12-21(30-26-20)23-17(4)10-16(3)11-18(23)5/h10-12,15,19H,6-9,13-14H2,1-5H3,(H,25,28). The van der Waals surface area contributed by atoms with Gasteiger partial charge in [0.1, 0.15) is 0 Å². The molecular formula is C24H33N3O3. The Morgan fingerprint density at radius 2 is 1.83 bits per heavy atom. The van der Waals surface area contributed by atoms with Crippen molar-refractivity contribution in [1.29, 1.82) is 0 Å². The highest BCUT2D eigenvalue weighted by Gasteiger charge is 2.24. The maximum Gasteiger partial charge on any atom is 0.276 e. The predicted molar refractivity (Wildman–Crippen MR) is 117 cm³/mol. The van der Waals surface area contributed by atoms with Crippen LogP contribution in [0.1, 0.15) is 60.3 Å². The van der Waals surface area contributed by atoms with Crippen LogP contribution < -0.4 is 5.32 Å². The summed E-state index contributed by atoms with van der Waals surface area (Å²) in [6.07, 6.45) is 2.70. The zero-order chi connectivity index (χ0) is 21.8. The van der Waals surface area contributed by atoms with Crippen molar-refractivity contribution < 1.29 is 14.1 Å². The van der Waals surface area contributed by atoms with E-state index in [-0.39, 0.29) is 23.4 Å². The highest BCUT2D eigenvalue weighted by Crippen LogP contribution is 2.29. The first-order valence-electron chi connectivity index (χ1n) is 10.9. The van der Waals surface area contributed by atoms with Crippen LogP contribution in [0.15, 0.2) is 22.7 Å². The van der Waals surface area contributed by atoms with Crippen LogP contribution in [-0.2, 0) is 4.79 Å². The van der Waals surface area contributed by atoms with E-state index in [1.54, 1.807) is 11.0 Å². The first kappa shape index (κ1) is 22.1. The van der Waals surface area contributed by atoms with Gasteiger partial charge in [0.05, 0.1) is 0 Å². The number of nitrogens with one attached hydrogen (secondary N) is 1. The van der Waals surface area contributed by atoms with Crippen LogP contribution in [0, 0.1) is 32.6 Å². The van der Waals surface area contributed by atoms with Gasteiger partial charge in [0.2, 0.25) is 5.91 Å². The third-order valence-corrected chi connectivity index (χ3v) is 5.42. The Morgan fingerprint density at radius 3 is 2.43 bits per heavy atom. The van der Waals surface area contributed by atoms with E-state index in [2.05, 4.69) is 43.4 Å². The third-order valence-electron chi connectivity index (χ3n) is 5.42. The fourth-order valence-electron chi connectivity index (χ4n) is 3.85. The SMILES string of the molecule is Cc1cc(C)c(-c2cc(C(=O)N(CCC(=O)NCC3CC3)CC(C)C)no2)c(C)c1. The summed E-state index contributed by atoms with van der Waals surface area (Å²) in [4.78, 5) is 26.9. The highest BCUT2D eigenvalue weighted by atomic mass is 16.5. The molecule has 0 unspecified atom stereocenters. The van der Waals surface area contributed by atoms with Gasteiger partial charge >= 0.3 is 0 Å². The van der Waals surface area contributed by atoms with Crippen LogP contribution in [0.25, 0.3) is 11.3 Å². The number of carbonyl (C=O) groups is 2. The summed E-state index contributed by atoms with van der Waals surface area (Å²) >= 11 is 0. The molecule has 1 heterocycles. The van der Waals surface area contributed by atoms with Crippen molar-refractivity contribution in [2.75, 3.05) is 19.6 Å². The lowest BCUT2D eigenvalue weighted by atomic mass is 9.98. The lowest BCUT2D eigenvalue weighted by Crippen LogP contribution is -2.38. The van der Waals surface area contributed by atoms with Crippen molar-refractivity contribution >= 4 is 11.8 Å². The summed E-state index contributed by atoms with van der Waals surface area (Å²) in [5, 5.41) is 7.02. The summed E-state index contributed by atoms with van der Waals surface area (Å²) in [5.41, 5.74) is 4.63. The fraction of sp³-hybridized carbons (Fsp3) is 0.542. The third kappa shape index (κ3) is 5.71. The number of nitrogens with zero attached hydrogens (tertiary/aromatic N) is 2. The molecule has 1 fully saturated rings. The minimum absolute atomic E-state index is 0.00444. The molecule has 1 aromatic heterocycles. The smallest absolute Gasteiger partial charge is 0.276 e. The second kappa shape index (κ2) is 9.45. The van der Waals surface area contributed by atoms with E-state index < -0.39 is 0 Å². The van der Waals surface area contributed by atoms with Crippen LogP contribution >= 0.6 is 0 Å². The molecule has 0 spiro atoms. The molecule has 30 heavy (non-hydrogen) atoms. The summed E-state index contributed by atoms with van der Waals surface area (Å²) in [6.45, 7) is 11.9. The molecule has 0 radical (unpaired) electrons.